The third kappa shape index (κ3) is 5.07. The lowest BCUT2D eigenvalue weighted by molar-refractivity contribution is -0.142. The minimum Gasteiger partial charge on any atom is -0.468 e. The van der Waals surface area contributed by atoms with E-state index in [1.807, 2.05) is 0 Å². The SMILES string of the molecule is COC(=O)[C@H](C)NP(=O)(OC[C@H]1O[C@@H](n2ccc3c(N)ncnc32)[C@](C)(O)[C@@H]1O)Oc1ccccc1. The number of hydrogen-bond acceptors (Lipinski definition) is 11. The average Bonchev–Trinajstić information content (AvgIpc) is 3.37. The number of aliphatic hydroxyl groups excluding tert-OH is 1. The van der Waals surface area contributed by atoms with E-state index in [4.69, 9.17) is 19.5 Å². The van der Waals surface area contributed by atoms with Gasteiger partial charge in [-0.3, -0.25) is 9.32 Å². The number of carbonyl (C=O) groups is 1. The fourth-order valence-electron chi connectivity index (χ4n) is 3.91. The molecule has 1 aliphatic heterocycles. The summed E-state index contributed by atoms with van der Waals surface area (Å²) in [6.45, 7) is 2.38. The van der Waals surface area contributed by atoms with Crippen LogP contribution < -0.4 is 15.3 Å². The van der Waals surface area contributed by atoms with Gasteiger partial charge < -0.3 is 34.5 Å². The van der Waals surface area contributed by atoms with Gasteiger partial charge in [-0.2, -0.15) is 5.09 Å². The van der Waals surface area contributed by atoms with Crippen LogP contribution in [0.25, 0.3) is 11.0 Å². The molecule has 0 bridgehead atoms. The number of fused-ring (bicyclic) bond motifs is 1. The highest BCUT2D eigenvalue weighted by Gasteiger charge is 2.54. The molecule has 4 rings (SSSR count). The lowest BCUT2D eigenvalue weighted by Crippen LogP contribution is -2.44. The van der Waals surface area contributed by atoms with E-state index in [9.17, 15) is 19.6 Å². The van der Waals surface area contributed by atoms with Crippen molar-refractivity contribution in [2.45, 2.75) is 43.9 Å². The first-order valence-electron chi connectivity index (χ1n) is 11.0. The molecule has 1 fully saturated rings. The molecule has 36 heavy (non-hydrogen) atoms. The van der Waals surface area contributed by atoms with Crippen LogP contribution in [0.15, 0.2) is 48.9 Å². The van der Waals surface area contributed by atoms with Crippen molar-refractivity contribution in [1.29, 1.82) is 0 Å². The highest BCUT2D eigenvalue weighted by Crippen LogP contribution is 2.47. The van der Waals surface area contributed by atoms with Crippen LogP contribution in [0.4, 0.5) is 5.82 Å². The van der Waals surface area contributed by atoms with E-state index in [0.29, 0.717) is 11.0 Å². The summed E-state index contributed by atoms with van der Waals surface area (Å²) in [5.41, 5.74) is 4.51. The number of carbonyl (C=O) groups excluding carboxylic acids is 1. The summed E-state index contributed by atoms with van der Waals surface area (Å²) >= 11 is 0. The van der Waals surface area contributed by atoms with Crippen LogP contribution in [0.2, 0.25) is 0 Å². The molecule has 1 aromatic carbocycles. The molecule has 0 aliphatic carbocycles. The Hall–Kier alpha value is -3.06. The second-order valence-electron chi connectivity index (χ2n) is 8.49. The second-order valence-corrected chi connectivity index (χ2v) is 10.2. The first kappa shape index (κ1) is 26.0. The molecule has 5 N–H and O–H groups in total. The van der Waals surface area contributed by atoms with Crippen LogP contribution in [0.5, 0.6) is 5.75 Å². The lowest BCUT2D eigenvalue weighted by atomic mass is 9.96. The molecule has 2 aromatic heterocycles. The first-order chi connectivity index (χ1) is 17.1. The summed E-state index contributed by atoms with van der Waals surface area (Å²) in [7, 11) is -2.98. The van der Waals surface area contributed by atoms with Crippen molar-refractivity contribution >= 4 is 30.6 Å². The van der Waals surface area contributed by atoms with E-state index in [1.54, 1.807) is 42.6 Å². The number of nitrogen functional groups attached to an aromatic ring is 1. The first-order valence-corrected chi connectivity index (χ1v) is 12.6. The van der Waals surface area contributed by atoms with Crippen LogP contribution >= 0.6 is 7.75 Å². The van der Waals surface area contributed by atoms with E-state index in [2.05, 4.69) is 19.8 Å². The molecule has 0 spiro atoms. The van der Waals surface area contributed by atoms with Gasteiger partial charge in [0.1, 0.15) is 47.4 Å². The Morgan fingerprint density at radius 3 is 2.75 bits per heavy atom. The molecule has 1 aliphatic rings. The largest absolute Gasteiger partial charge is 0.468 e. The number of para-hydroxylation sites is 1. The topological polar surface area (TPSA) is 180 Å². The fraction of sp³-hybridized carbons (Fsp3) is 0.409. The molecule has 0 radical (unpaired) electrons. The number of aliphatic hydroxyl groups is 2. The zero-order valence-corrected chi connectivity index (χ0v) is 20.7. The normalized spacial score (nSPS) is 26.4. The van der Waals surface area contributed by atoms with E-state index < -0.39 is 50.4 Å². The van der Waals surface area contributed by atoms with E-state index in [1.165, 1.54) is 31.9 Å². The Labute approximate surface area is 206 Å². The van der Waals surface area contributed by atoms with Crippen molar-refractivity contribution < 1.29 is 38.1 Å². The number of methoxy groups -OCH3 is 1. The summed E-state index contributed by atoms with van der Waals surface area (Å²) in [5, 5.41) is 25.0. The molecular formula is C22H28N5O8P. The lowest BCUT2D eigenvalue weighted by Gasteiger charge is -2.27. The molecule has 0 amide bonds. The van der Waals surface area contributed by atoms with Crippen molar-refractivity contribution in [2.24, 2.45) is 0 Å². The molecule has 1 unspecified atom stereocenters. The number of anilines is 1. The fourth-order valence-corrected chi connectivity index (χ4v) is 5.41. The minimum atomic E-state index is -4.18. The summed E-state index contributed by atoms with van der Waals surface area (Å²) in [6.07, 6.45) is -0.759. The maximum Gasteiger partial charge on any atom is 0.459 e. The molecule has 3 heterocycles. The minimum absolute atomic E-state index is 0.222. The Morgan fingerprint density at radius 2 is 2.06 bits per heavy atom. The zero-order chi connectivity index (χ0) is 26.1. The van der Waals surface area contributed by atoms with Gasteiger partial charge in [0.25, 0.3) is 0 Å². The Bertz CT molecular complexity index is 1270. The van der Waals surface area contributed by atoms with Crippen molar-refractivity contribution in [3.05, 3.63) is 48.9 Å². The van der Waals surface area contributed by atoms with Crippen molar-refractivity contribution in [3.8, 4) is 5.75 Å². The van der Waals surface area contributed by atoms with Crippen molar-refractivity contribution in [1.82, 2.24) is 19.6 Å². The van der Waals surface area contributed by atoms with Gasteiger partial charge in [0, 0.05) is 6.20 Å². The third-order valence-electron chi connectivity index (χ3n) is 5.83. The number of aromatic nitrogens is 3. The molecule has 3 aromatic rings. The average molecular weight is 521 g/mol. The quantitative estimate of drug-likeness (QED) is 0.235. The van der Waals surface area contributed by atoms with Gasteiger partial charge in [-0.15, -0.1) is 0 Å². The van der Waals surface area contributed by atoms with Crippen LogP contribution in [-0.2, 0) is 23.4 Å². The van der Waals surface area contributed by atoms with Crippen LogP contribution in [0.3, 0.4) is 0 Å². The number of nitrogens with two attached hydrogens (primary N) is 1. The van der Waals surface area contributed by atoms with Gasteiger partial charge in [0.2, 0.25) is 0 Å². The number of esters is 1. The number of hydrogen-bond donors (Lipinski definition) is 4. The summed E-state index contributed by atoms with van der Waals surface area (Å²) < 4.78 is 36.8. The Morgan fingerprint density at radius 1 is 1.33 bits per heavy atom. The van der Waals surface area contributed by atoms with E-state index in [0.717, 1.165) is 0 Å². The molecule has 1 saturated heterocycles. The molecule has 6 atom stereocenters. The standard InChI is InChI=1S/C22H28N5O8P/c1-13(20(29)32-3)26-36(31,35-14-7-5-4-6-8-14)33-11-16-17(28)22(2,30)21(34-16)27-10-9-15-18(23)24-12-25-19(15)27/h4-10,12-13,16-17,21,28,30H,11H2,1-3H3,(H,26,31)(H2,23,24,25)/t13-,16+,17+,21+,22+,36?/m0/s1. The summed E-state index contributed by atoms with van der Waals surface area (Å²) in [4.78, 5) is 20.1. The van der Waals surface area contributed by atoms with Gasteiger partial charge in [-0.05, 0) is 32.0 Å². The predicted octanol–water partition coefficient (Wildman–Crippen LogP) is 1.38. The summed E-state index contributed by atoms with van der Waals surface area (Å²) in [6, 6.07) is 8.85. The van der Waals surface area contributed by atoms with Crippen molar-refractivity contribution in [2.75, 3.05) is 19.5 Å². The van der Waals surface area contributed by atoms with Gasteiger partial charge in [-0.25, -0.2) is 14.5 Å². The van der Waals surface area contributed by atoms with Crippen LogP contribution in [-0.4, -0.2) is 68.3 Å². The second kappa shape index (κ2) is 10.1. The van der Waals surface area contributed by atoms with Crippen LogP contribution in [0.1, 0.15) is 20.1 Å². The van der Waals surface area contributed by atoms with Gasteiger partial charge in [0.05, 0.1) is 19.1 Å². The number of nitrogens with zero attached hydrogens (tertiary/aromatic N) is 3. The van der Waals surface area contributed by atoms with E-state index in [-0.39, 0.29) is 11.6 Å². The van der Waals surface area contributed by atoms with Gasteiger partial charge in [0.15, 0.2) is 6.23 Å². The highest BCUT2D eigenvalue weighted by molar-refractivity contribution is 7.52. The highest BCUT2D eigenvalue weighted by atomic mass is 31.2. The molecule has 13 nitrogen and oxygen atoms in total. The maximum atomic E-state index is 13.6. The number of benzene rings is 1. The smallest absolute Gasteiger partial charge is 0.459 e. The molecule has 0 saturated carbocycles. The van der Waals surface area contributed by atoms with Gasteiger partial charge in [-0.1, -0.05) is 18.2 Å². The Balaban J connectivity index is 1.55. The predicted molar refractivity (Wildman–Crippen MR) is 128 cm³/mol. The maximum absolute atomic E-state index is 13.6. The van der Waals surface area contributed by atoms with Crippen LogP contribution in [0, 0.1) is 0 Å². The summed E-state index contributed by atoms with van der Waals surface area (Å²) in [5.74, 6) is -0.211. The number of nitrogens with one attached hydrogen (secondary N) is 1. The molecule has 14 heteroatoms. The monoisotopic (exact) mass is 521 g/mol. The third-order valence-corrected chi connectivity index (χ3v) is 7.48. The molecule has 194 valence electrons. The van der Waals surface area contributed by atoms with Crippen molar-refractivity contribution in [3.63, 3.8) is 0 Å². The Kier molecular flexibility index (Phi) is 7.32. The molecular weight excluding hydrogens is 493 g/mol. The number of ether oxygens (including phenoxy) is 2. The van der Waals surface area contributed by atoms with Gasteiger partial charge >= 0.3 is 13.7 Å². The van der Waals surface area contributed by atoms with E-state index >= 15 is 0 Å². The number of rotatable bonds is 9. The zero-order valence-electron chi connectivity index (χ0n) is 19.8.